The van der Waals surface area contributed by atoms with E-state index in [-0.39, 0.29) is 5.41 Å². The van der Waals surface area contributed by atoms with Crippen molar-refractivity contribution in [1.82, 2.24) is 0 Å². The van der Waals surface area contributed by atoms with Crippen molar-refractivity contribution in [3.63, 3.8) is 0 Å². The molecule has 11 heavy (non-hydrogen) atoms. The predicted molar refractivity (Wildman–Crippen MR) is 46.7 cm³/mol. The van der Waals surface area contributed by atoms with Crippen LogP contribution in [0, 0.1) is 5.41 Å². The van der Waals surface area contributed by atoms with Crippen molar-refractivity contribution in [2.24, 2.45) is 5.41 Å². The lowest BCUT2D eigenvalue weighted by molar-refractivity contribution is -0.0361. The van der Waals surface area contributed by atoms with Gasteiger partial charge < -0.3 is 9.47 Å². The van der Waals surface area contributed by atoms with Crippen molar-refractivity contribution in [3.05, 3.63) is 0 Å². The molecule has 0 fully saturated rings. The van der Waals surface area contributed by atoms with Crippen LogP contribution in [0.1, 0.15) is 27.2 Å². The van der Waals surface area contributed by atoms with E-state index in [1.54, 1.807) is 14.2 Å². The summed E-state index contributed by atoms with van der Waals surface area (Å²) in [4.78, 5) is 0. The van der Waals surface area contributed by atoms with E-state index in [9.17, 15) is 0 Å². The molecule has 68 valence electrons. The molecule has 0 unspecified atom stereocenters. The fourth-order valence-electron chi connectivity index (χ4n) is 1.50. The smallest absolute Gasteiger partial charge is 0.0641 e. The summed E-state index contributed by atoms with van der Waals surface area (Å²) < 4.78 is 10.4. The van der Waals surface area contributed by atoms with Crippen LogP contribution in [0.15, 0.2) is 0 Å². The normalized spacial score (nSPS) is 15.0. The molecule has 2 heteroatoms. The molecule has 0 aromatic heterocycles. The van der Waals surface area contributed by atoms with E-state index < -0.39 is 0 Å². The molecule has 0 saturated carbocycles. The Morgan fingerprint density at radius 1 is 1.27 bits per heavy atom. The predicted octanol–water partition coefficient (Wildman–Crippen LogP) is 2.08. The summed E-state index contributed by atoms with van der Waals surface area (Å²) in [6, 6.07) is 0. The number of ether oxygens (including phenoxy) is 2. The van der Waals surface area contributed by atoms with Crippen molar-refractivity contribution in [2.75, 3.05) is 20.8 Å². The third kappa shape index (κ3) is 3.21. The summed E-state index contributed by atoms with van der Waals surface area (Å²) in [5.74, 6) is 0. The molecule has 0 radical (unpaired) electrons. The van der Waals surface area contributed by atoms with E-state index in [2.05, 4.69) is 20.8 Å². The molecule has 0 spiro atoms. The Hall–Kier alpha value is -0.0800. The van der Waals surface area contributed by atoms with Crippen LogP contribution >= 0.6 is 0 Å². The van der Waals surface area contributed by atoms with E-state index in [4.69, 9.17) is 9.47 Å². The van der Waals surface area contributed by atoms with Crippen molar-refractivity contribution in [2.45, 2.75) is 33.3 Å². The number of rotatable bonds is 5. The van der Waals surface area contributed by atoms with Gasteiger partial charge in [-0.25, -0.2) is 0 Å². The van der Waals surface area contributed by atoms with Gasteiger partial charge in [-0.15, -0.1) is 0 Å². The van der Waals surface area contributed by atoms with Crippen LogP contribution in [0.5, 0.6) is 0 Å². The number of methoxy groups -OCH3 is 2. The molecule has 0 aliphatic rings. The lowest BCUT2D eigenvalue weighted by atomic mass is 9.86. The Bertz CT molecular complexity index is 95.7. The second-order valence-corrected chi connectivity index (χ2v) is 3.55. The van der Waals surface area contributed by atoms with Crippen LogP contribution in [0.3, 0.4) is 0 Å². The van der Waals surface area contributed by atoms with E-state index in [1.165, 1.54) is 0 Å². The lowest BCUT2D eigenvalue weighted by Crippen LogP contribution is -2.34. The van der Waals surface area contributed by atoms with Crippen LogP contribution in [-0.4, -0.2) is 26.9 Å². The van der Waals surface area contributed by atoms with Crippen LogP contribution in [0.4, 0.5) is 0 Å². The molecule has 0 amide bonds. The standard InChI is InChI=1S/C9H20O2/c1-6-8(11-5)9(2,3)7-10-4/h8H,6-7H2,1-5H3/t8-/m0/s1. The summed E-state index contributed by atoms with van der Waals surface area (Å²) in [5.41, 5.74) is 0.123. The summed E-state index contributed by atoms with van der Waals surface area (Å²) in [6.07, 6.45) is 1.33. The highest BCUT2D eigenvalue weighted by Crippen LogP contribution is 2.25. The van der Waals surface area contributed by atoms with Gasteiger partial charge in [-0.1, -0.05) is 20.8 Å². The zero-order valence-corrected chi connectivity index (χ0v) is 8.31. The molecule has 0 bridgehead atoms. The molecule has 0 aliphatic carbocycles. The lowest BCUT2D eigenvalue weighted by Gasteiger charge is -2.31. The van der Waals surface area contributed by atoms with Crippen molar-refractivity contribution < 1.29 is 9.47 Å². The fourth-order valence-corrected chi connectivity index (χ4v) is 1.50. The van der Waals surface area contributed by atoms with Gasteiger partial charge in [-0.05, 0) is 6.42 Å². The highest BCUT2D eigenvalue weighted by atomic mass is 16.5. The van der Waals surface area contributed by atoms with Gasteiger partial charge in [0.2, 0.25) is 0 Å². The quantitative estimate of drug-likeness (QED) is 0.613. The summed E-state index contributed by atoms with van der Waals surface area (Å²) >= 11 is 0. The molecule has 0 N–H and O–H groups in total. The third-order valence-electron chi connectivity index (χ3n) is 2.04. The second kappa shape index (κ2) is 4.73. The van der Waals surface area contributed by atoms with Gasteiger partial charge in [-0.2, -0.15) is 0 Å². The van der Waals surface area contributed by atoms with E-state index in [0.717, 1.165) is 13.0 Å². The zero-order valence-electron chi connectivity index (χ0n) is 8.31. The highest BCUT2D eigenvalue weighted by Gasteiger charge is 2.27. The monoisotopic (exact) mass is 160 g/mol. The van der Waals surface area contributed by atoms with Gasteiger partial charge in [0.15, 0.2) is 0 Å². The minimum Gasteiger partial charge on any atom is -0.384 e. The minimum atomic E-state index is 0.123. The van der Waals surface area contributed by atoms with Crippen molar-refractivity contribution in [3.8, 4) is 0 Å². The fraction of sp³-hybridized carbons (Fsp3) is 1.00. The topological polar surface area (TPSA) is 18.5 Å². The van der Waals surface area contributed by atoms with Gasteiger partial charge in [0.05, 0.1) is 12.7 Å². The van der Waals surface area contributed by atoms with E-state index in [1.807, 2.05) is 0 Å². The molecule has 0 rings (SSSR count). The maximum Gasteiger partial charge on any atom is 0.0641 e. The SMILES string of the molecule is CC[C@H](OC)C(C)(C)COC. The Labute approximate surface area is 69.9 Å². The molecule has 0 aromatic rings. The molecule has 1 atom stereocenters. The second-order valence-electron chi connectivity index (χ2n) is 3.55. The maximum atomic E-state index is 5.34. The Kier molecular flexibility index (Phi) is 4.69. The van der Waals surface area contributed by atoms with E-state index in [0.29, 0.717) is 6.10 Å². The largest absolute Gasteiger partial charge is 0.384 e. The average molecular weight is 160 g/mol. The first kappa shape index (κ1) is 10.9. The Morgan fingerprint density at radius 2 is 1.82 bits per heavy atom. The minimum absolute atomic E-state index is 0.123. The number of hydrogen-bond donors (Lipinski definition) is 0. The number of hydrogen-bond acceptors (Lipinski definition) is 2. The highest BCUT2D eigenvalue weighted by molar-refractivity contribution is 4.77. The molecular weight excluding hydrogens is 140 g/mol. The molecule has 0 saturated heterocycles. The molecule has 0 aliphatic heterocycles. The summed E-state index contributed by atoms with van der Waals surface area (Å²) in [7, 11) is 3.48. The Morgan fingerprint density at radius 3 is 2.09 bits per heavy atom. The first-order valence-electron chi connectivity index (χ1n) is 4.10. The van der Waals surface area contributed by atoms with Crippen LogP contribution in [-0.2, 0) is 9.47 Å². The summed E-state index contributed by atoms with van der Waals surface area (Å²) in [6.45, 7) is 7.20. The van der Waals surface area contributed by atoms with Gasteiger partial charge in [-0.3, -0.25) is 0 Å². The molecular formula is C9H20O2. The van der Waals surface area contributed by atoms with Crippen LogP contribution in [0.2, 0.25) is 0 Å². The van der Waals surface area contributed by atoms with Gasteiger partial charge in [0.25, 0.3) is 0 Å². The first-order valence-corrected chi connectivity index (χ1v) is 4.10. The van der Waals surface area contributed by atoms with Gasteiger partial charge >= 0.3 is 0 Å². The molecule has 0 aromatic carbocycles. The Balaban J connectivity index is 4.00. The van der Waals surface area contributed by atoms with E-state index >= 15 is 0 Å². The zero-order chi connectivity index (χ0) is 8.91. The first-order chi connectivity index (χ1) is 5.08. The third-order valence-corrected chi connectivity index (χ3v) is 2.04. The summed E-state index contributed by atoms with van der Waals surface area (Å²) in [5, 5.41) is 0. The molecule has 2 nitrogen and oxygen atoms in total. The van der Waals surface area contributed by atoms with Crippen LogP contribution in [0.25, 0.3) is 0 Å². The van der Waals surface area contributed by atoms with Crippen molar-refractivity contribution in [1.29, 1.82) is 0 Å². The average Bonchev–Trinajstić information content (AvgIpc) is 1.89. The van der Waals surface area contributed by atoms with Gasteiger partial charge in [0, 0.05) is 19.6 Å². The van der Waals surface area contributed by atoms with Crippen LogP contribution < -0.4 is 0 Å². The maximum absolute atomic E-state index is 5.34. The van der Waals surface area contributed by atoms with Gasteiger partial charge in [0.1, 0.15) is 0 Å². The van der Waals surface area contributed by atoms with Crippen molar-refractivity contribution >= 4 is 0 Å². The molecule has 0 heterocycles.